The summed E-state index contributed by atoms with van der Waals surface area (Å²) in [6.07, 6.45) is 5.85. The molecule has 0 heterocycles. The Hall–Kier alpha value is -1.65. The quantitative estimate of drug-likeness (QED) is 0.484. The molecule has 0 spiro atoms. The number of nitrogens with one attached hydrogen (secondary N) is 1. The molecule has 0 aromatic carbocycles. The predicted molar refractivity (Wildman–Crippen MR) is 73.6 cm³/mol. The molecule has 0 aromatic rings. The Bertz CT molecular complexity index is 417. The van der Waals surface area contributed by atoms with Gasteiger partial charge in [0.05, 0.1) is 0 Å². The Kier molecular flexibility index (Phi) is 5.27. The fourth-order valence-electron chi connectivity index (χ4n) is 1.81. The second-order valence-electron chi connectivity index (χ2n) is 5.70. The summed E-state index contributed by atoms with van der Waals surface area (Å²) in [5.41, 5.74) is 0.711. The van der Waals surface area contributed by atoms with Gasteiger partial charge in [0.2, 0.25) is 0 Å². The number of allylic oxidation sites excluding steroid dienone is 1. The van der Waals surface area contributed by atoms with Crippen LogP contribution in [0.1, 0.15) is 53.4 Å². The average molecular weight is 266 g/mol. The molecule has 106 valence electrons. The highest BCUT2D eigenvalue weighted by Crippen LogP contribution is 2.19. The summed E-state index contributed by atoms with van der Waals surface area (Å²) < 4.78 is 0. The maximum atomic E-state index is 12.2. The molecule has 0 aliphatic heterocycles. The molecule has 5 heteroatoms. The first-order valence-corrected chi connectivity index (χ1v) is 6.57. The second kappa shape index (κ2) is 6.50. The molecule has 0 radical (unpaired) electrons. The maximum absolute atomic E-state index is 12.2. The van der Waals surface area contributed by atoms with Crippen LogP contribution in [-0.4, -0.2) is 23.1 Å². The van der Waals surface area contributed by atoms with Crippen LogP contribution in [-0.2, 0) is 14.4 Å². The lowest BCUT2D eigenvalue weighted by Crippen LogP contribution is -2.44. The van der Waals surface area contributed by atoms with Crippen LogP contribution < -0.4 is 5.32 Å². The Balaban J connectivity index is 2.91. The summed E-state index contributed by atoms with van der Waals surface area (Å²) in [5.74, 6) is -0.834. The van der Waals surface area contributed by atoms with E-state index in [1.54, 1.807) is 0 Å². The molecule has 0 atom stereocenters. The van der Waals surface area contributed by atoms with E-state index in [0.29, 0.717) is 0 Å². The van der Waals surface area contributed by atoms with E-state index in [9.17, 15) is 9.59 Å². The first kappa shape index (κ1) is 15.4. The van der Waals surface area contributed by atoms with Crippen molar-refractivity contribution in [1.82, 2.24) is 5.32 Å². The van der Waals surface area contributed by atoms with Gasteiger partial charge in [-0.25, -0.2) is 4.79 Å². The maximum Gasteiger partial charge on any atom is 0.332 e. The summed E-state index contributed by atoms with van der Waals surface area (Å²) in [7, 11) is 0. The van der Waals surface area contributed by atoms with Crippen molar-refractivity contribution in [2.45, 2.75) is 58.9 Å². The van der Waals surface area contributed by atoms with Gasteiger partial charge in [0.25, 0.3) is 5.91 Å². The van der Waals surface area contributed by atoms with Gasteiger partial charge >= 0.3 is 5.97 Å². The van der Waals surface area contributed by atoms with Crippen molar-refractivity contribution in [2.75, 3.05) is 0 Å². The van der Waals surface area contributed by atoms with Crippen molar-refractivity contribution in [2.24, 2.45) is 5.16 Å². The molecule has 0 saturated carbocycles. The van der Waals surface area contributed by atoms with Crippen molar-refractivity contribution in [3.8, 4) is 0 Å². The lowest BCUT2D eigenvalue weighted by Gasteiger charge is -2.22. The normalized spacial score (nSPS) is 16.6. The smallest absolute Gasteiger partial charge is 0.332 e. The van der Waals surface area contributed by atoms with E-state index in [2.05, 4.69) is 15.3 Å². The first-order valence-electron chi connectivity index (χ1n) is 6.57. The van der Waals surface area contributed by atoms with E-state index in [-0.39, 0.29) is 17.2 Å². The van der Waals surface area contributed by atoms with E-state index >= 15 is 0 Å². The lowest BCUT2D eigenvalue weighted by atomic mass is 9.95. The Morgan fingerprint density at radius 1 is 1.32 bits per heavy atom. The number of oxime groups is 1. The minimum atomic E-state index is -0.530. The highest BCUT2D eigenvalue weighted by Gasteiger charge is 2.23. The number of carbonyl (C=O) groups is 2. The van der Waals surface area contributed by atoms with Crippen LogP contribution in [0.4, 0.5) is 0 Å². The highest BCUT2D eigenvalue weighted by atomic mass is 16.7. The number of nitrogens with zero attached hydrogens (tertiary/aromatic N) is 1. The third kappa shape index (κ3) is 5.68. The molecule has 0 saturated heterocycles. The number of rotatable bonds is 3. The largest absolute Gasteiger partial charge is 0.346 e. The predicted octanol–water partition coefficient (Wildman–Crippen LogP) is 2.32. The minimum absolute atomic E-state index is 0.213. The van der Waals surface area contributed by atoms with Gasteiger partial charge in [-0.1, -0.05) is 11.2 Å². The summed E-state index contributed by atoms with van der Waals surface area (Å²) in [6.45, 7) is 6.94. The number of hydrogen-bond donors (Lipinski definition) is 1. The molecular formula is C14H22N2O3. The summed E-state index contributed by atoms with van der Waals surface area (Å²) in [5, 5.41) is 6.56. The summed E-state index contributed by atoms with van der Waals surface area (Å²) in [4.78, 5) is 27.7. The molecule has 19 heavy (non-hydrogen) atoms. The average Bonchev–Trinajstić information content (AvgIpc) is 2.27. The van der Waals surface area contributed by atoms with Crippen LogP contribution in [0.15, 0.2) is 16.8 Å². The monoisotopic (exact) mass is 266 g/mol. The van der Waals surface area contributed by atoms with Gasteiger partial charge in [0, 0.05) is 12.5 Å². The molecule has 1 amide bonds. The fourth-order valence-corrected chi connectivity index (χ4v) is 1.81. The third-order valence-electron chi connectivity index (χ3n) is 2.56. The van der Waals surface area contributed by atoms with Gasteiger partial charge in [-0.2, -0.15) is 0 Å². The van der Waals surface area contributed by atoms with E-state index in [4.69, 9.17) is 0 Å². The van der Waals surface area contributed by atoms with Crippen LogP contribution in [0.3, 0.4) is 0 Å². The van der Waals surface area contributed by atoms with Gasteiger partial charge in [-0.3, -0.25) is 4.79 Å². The zero-order valence-electron chi connectivity index (χ0n) is 12.1. The van der Waals surface area contributed by atoms with Crippen LogP contribution in [0.25, 0.3) is 0 Å². The SMILES string of the molecule is CC(=O)O/N=C(\C(=O)NC(C)(C)C)C1=CCCCC1. The van der Waals surface area contributed by atoms with Gasteiger partial charge < -0.3 is 10.2 Å². The molecule has 1 aliphatic rings. The van der Waals surface area contributed by atoms with Gasteiger partial charge in [0.1, 0.15) is 0 Å². The second-order valence-corrected chi connectivity index (χ2v) is 5.70. The Morgan fingerprint density at radius 2 is 2.00 bits per heavy atom. The molecular weight excluding hydrogens is 244 g/mol. The van der Waals surface area contributed by atoms with E-state index < -0.39 is 5.97 Å². The zero-order valence-corrected chi connectivity index (χ0v) is 12.1. The van der Waals surface area contributed by atoms with Gasteiger partial charge in [-0.05, 0) is 52.0 Å². The summed E-state index contributed by atoms with van der Waals surface area (Å²) in [6, 6.07) is 0. The third-order valence-corrected chi connectivity index (χ3v) is 2.56. The number of amides is 1. The molecule has 1 rings (SSSR count). The van der Waals surface area contributed by atoms with Crippen LogP contribution in [0, 0.1) is 0 Å². The van der Waals surface area contributed by atoms with Crippen LogP contribution >= 0.6 is 0 Å². The topological polar surface area (TPSA) is 67.8 Å². The van der Waals surface area contributed by atoms with E-state index in [1.807, 2.05) is 26.8 Å². The lowest BCUT2D eigenvalue weighted by molar-refractivity contribution is -0.140. The highest BCUT2D eigenvalue weighted by molar-refractivity contribution is 6.45. The van der Waals surface area contributed by atoms with Crippen molar-refractivity contribution in [1.29, 1.82) is 0 Å². The Morgan fingerprint density at radius 3 is 2.47 bits per heavy atom. The standard InChI is InChI=1S/C14H22N2O3/c1-10(17)19-16-12(11-8-6-5-7-9-11)13(18)15-14(2,3)4/h8H,5-7,9H2,1-4H3,(H,15,18)/b16-12-. The molecule has 0 fully saturated rings. The van der Waals surface area contributed by atoms with Gasteiger partial charge in [0.15, 0.2) is 5.71 Å². The number of hydrogen-bond acceptors (Lipinski definition) is 4. The van der Waals surface area contributed by atoms with Crippen molar-refractivity contribution in [3.63, 3.8) is 0 Å². The van der Waals surface area contributed by atoms with Crippen molar-refractivity contribution >= 4 is 17.6 Å². The molecule has 0 unspecified atom stereocenters. The van der Waals surface area contributed by atoms with E-state index in [1.165, 1.54) is 6.92 Å². The zero-order chi connectivity index (χ0) is 14.5. The molecule has 0 aromatic heterocycles. The molecule has 0 bridgehead atoms. The fraction of sp³-hybridized carbons (Fsp3) is 0.643. The minimum Gasteiger partial charge on any atom is -0.346 e. The Labute approximate surface area is 114 Å². The summed E-state index contributed by atoms with van der Waals surface area (Å²) >= 11 is 0. The molecule has 1 N–H and O–H groups in total. The van der Waals surface area contributed by atoms with Crippen molar-refractivity contribution < 1.29 is 14.4 Å². The number of carbonyl (C=O) groups excluding carboxylic acids is 2. The first-order chi connectivity index (χ1) is 8.79. The van der Waals surface area contributed by atoms with Crippen molar-refractivity contribution in [3.05, 3.63) is 11.6 Å². The molecule has 1 aliphatic carbocycles. The van der Waals surface area contributed by atoms with Gasteiger partial charge in [-0.15, -0.1) is 0 Å². The van der Waals surface area contributed by atoms with Crippen LogP contribution in [0.5, 0.6) is 0 Å². The van der Waals surface area contributed by atoms with E-state index in [0.717, 1.165) is 31.3 Å². The molecule has 5 nitrogen and oxygen atoms in total. The van der Waals surface area contributed by atoms with Crippen LogP contribution in [0.2, 0.25) is 0 Å².